The maximum atomic E-state index is 12.0. The number of aromatic amines is 1. The topological polar surface area (TPSA) is 95.8 Å². The van der Waals surface area contributed by atoms with Crippen molar-refractivity contribution in [3.8, 4) is 5.82 Å². The zero-order valence-electron chi connectivity index (χ0n) is 12.8. The van der Waals surface area contributed by atoms with Gasteiger partial charge in [0, 0.05) is 24.0 Å². The summed E-state index contributed by atoms with van der Waals surface area (Å²) < 4.78 is 1.79. The first-order chi connectivity index (χ1) is 11.0. The van der Waals surface area contributed by atoms with Gasteiger partial charge in [0.05, 0.1) is 5.92 Å². The average molecular weight is 311 g/mol. The second kappa shape index (κ2) is 4.66. The van der Waals surface area contributed by atoms with Crippen molar-refractivity contribution in [1.82, 2.24) is 24.8 Å². The molecule has 0 bridgehead atoms. The summed E-state index contributed by atoms with van der Waals surface area (Å²) in [6.07, 6.45) is 5.25. The monoisotopic (exact) mass is 311 g/mol. The van der Waals surface area contributed by atoms with Crippen molar-refractivity contribution < 1.29 is 9.90 Å². The van der Waals surface area contributed by atoms with Gasteiger partial charge in [-0.15, -0.1) is 0 Å². The van der Waals surface area contributed by atoms with E-state index in [4.69, 9.17) is 0 Å². The first-order valence-electron chi connectivity index (χ1n) is 7.49. The summed E-state index contributed by atoms with van der Waals surface area (Å²) in [5, 5.41) is 14.6. The van der Waals surface area contributed by atoms with Crippen LogP contribution >= 0.6 is 0 Å². The van der Waals surface area contributed by atoms with E-state index in [0.717, 1.165) is 11.0 Å². The van der Waals surface area contributed by atoms with Crippen LogP contribution in [-0.4, -0.2) is 36.1 Å². The van der Waals surface area contributed by atoms with Gasteiger partial charge >= 0.3 is 0 Å². The normalized spacial score (nSPS) is 27.5. The van der Waals surface area contributed by atoms with Crippen LogP contribution in [0.2, 0.25) is 0 Å². The quantitative estimate of drug-likeness (QED) is 0.665. The van der Waals surface area contributed by atoms with Crippen LogP contribution in [0.1, 0.15) is 25.7 Å². The van der Waals surface area contributed by atoms with Gasteiger partial charge in [0.25, 0.3) is 0 Å². The Kier molecular flexibility index (Phi) is 2.83. The molecule has 7 nitrogen and oxygen atoms in total. The number of nitrogens with one attached hydrogen (secondary N) is 2. The van der Waals surface area contributed by atoms with Crippen LogP contribution in [0.15, 0.2) is 36.8 Å². The van der Waals surface area contributed by atoms with Crippen molar-refractivity contribution in [3.63, 3.8) is 0 Å². The zero-order valence-corrected chi connectivity index (χ0v) is 12.8. The molecule has 3 aromatic heterocycles. The molecule has 1 aliphatic heterocycles. The Labute approximate surface area is 132 Å². The Morgan fingerprint density at radius 2 is 2.17 bits per heavy atom. The van der Waals surface area contributed by atoms with E-state index in [1.807, 2.05) is 24.4 Å². The van der Waals surface area contributed by atoms with Gasteiger partial charge < -0.3 is 15.4 Å². The lowest BCUT2D eigenvalue weighted by molar-refractivity contribution is -0.124. The SMILES string of the molecule is CC1C(=O)N[C@H](c2nccn2-c2ccc3cc[nH]c3n2)[C@]1(C)O. The predicted molar refractivity (Wildman–Crippen MR) is 83.9 cm³/mol. The molecule has 7 heteroatoms. The highest BCUT2D eigenvalue weighted by Gasteiger charge is 2.50. The van der Waals surface area contributed by atoms with Gasteiger partial charge in [-0.2, -0.15) is 0 Å². The first kappa shape index (κ1) is 14.0. The third-order valence-corrected chi connectivity index (χ3v) is 4.71. The van der Waals surface area contributed by atoms with E-state index in [0.29, 0.717) is 11.6 Å². The van der Waals surface area contributed by atoms with Crippen molar-refractivity contribution >= 4 is 16.9 Å². The molecule has 0 radical (unpaired) electrons. The highest BCUT2D eigenvalue weighted by molar-refractivity contribution is 5.83. The molecule has 0 saturated carbocycles. The number of aliphatic hydroxyl groups is 1. The summed E-state index contributed by atoms with van der Waals surface area (Å²) in [7, 11) is 0. The Balaban J connectivity index is 1.81. The lowest BCUT2D eigenvalue weighted by Crippen LogP contribution is -2.37. The van der Waals surface area contributed by atoms with Crippen LogP contribution in [0, 0.1) is 5.92 Å². The van der Waals surface area contributed by atoms with E-state index in [-0.39, 0.29) is 5.91 Å². The van der Waals surface area contributed by atoms with Crippen molar-refractivity contribution in [2.75, 3.05) is 0 Å². The number of carbonyl (C=O) groups is 1. The fourth-order valence-corrected chi connectivity index (χ4v) is 3.03. The van der Waals surface area contributed by atoms with Gasteiger partial charge in [-0.3, -0.25) is 9.36 Å². The maximum Gasteiger partial charge on any atom is 0.226 e. The number of carbonyl (C=O) groups excluding carboxylic acids is 1. The minimum Gasteiger partial charge on any atom is -0.387 e. The highest BCUT2D eigenvalue weighted by atomic mass is 16.3. The molecule has 1 saturated heterocycles. The van der Waals surface area contributed by atoms with E-state index in [1.54, 1.807) is 30.8 Å². The first-order valence-corrected chi connectivity index (χ1v) is 7.49. The van der Waals surface area contributed by atoms with Crippen molar-refractivity contribution in [1.29, 1.82) is 0 Å². The molecular weight excluding hydrogens is 294 g/mol. The van der Waals surface area contributed by atoms with Crippen LogP contribution in [0.4, 0.5) is 0 Å². The molecule has 3 N–H and O–H groups in total. The van der Waals surface area contributed by atoms with E-state index < -0.39 is 17.6 Å². The van der Waals surface area contributed by atoms with Crippen LogP contribution in [-0.2, 0) is 4.79 Å². The molecule has 3 aromatic rings. The number of hydrogen-bond acceptors (Lipinski definition) is 4. The molecular formula is C16H17N5O2. The van der Waals surface area contributed by atoms with E-state index in [2.05, 4.69) is 20.3 Å². The van der Waals surface area contributed by atoms with Crippen LogP contribution in [0.3, 0.4) is 0 Å². The van der Waals surface area contributed by atoms with Crippen LogP contribution in [0.5, 0.6) is 0 Å². The molecule has 1 aliphatic rings. The van der Waals surface area contributed by atoms with Gasteiger partial charge in [-0.05, 0) is 25.1 Å². The standard InChI is InChI=1S/C16H17N5O2/c1-9-15(22)20-12(16(9,2)23)14-18-7-8-21(14)11-4-3-10-5-6-17-13(10)19-11/h3-9,12,23H,1-2H3,(H,17,19)(H,20,22)/t9?,12-,16-/m1/s1. The van der Waals surface area contributed by atoms with Gasteiger partial charge in [0.15, 0.2) is 0 Å². The molecule has 4 heterocycles. The number of fused-ring (bicyclic) bond motifs is 1. The molecule has 23 heavy (non-hydrogen) atoms. The molecule has 1 amide bonds. The van der Waals surface area contributed by atoms with Gasteiger partial charge in [-0.25, -0.2) is 9.97 Å². The van der Waals surface area contributed by atoms with Crippen LogP contribution in [0.25, 0.3) is 16.9 Å². The summed E-state index contributed by atoms with van der Waals surface area (Å²) in [6.45, 7) is 3.37. The number of nitrogens with zero attached hydrogens (tertiary/aromatic N) is 3. The fourth-order valence-electron chi connectivity index (χ4n) is 3.03. The number of rotatable bonds is 2. The molecule has 0 aliphatic carbocycles. The summed E-state index contributed by atoms with van der Waals surface area (Å²) in [5.41, 5.74) is -0.436. The minimum atomic E-state index is -1.21. The molecule has 4 rings (SSSR count). The Bertz CT molecular complexity index is 895. The highest BCUT2D eigenvalue weighted by Crippen LogP contribution is 2.37. The zero-order chi connectivity index (χ0) is 16.2. The second-order valence-electron chi connectivity index (χ2n) is 6.13. The molecule has 1 unspecified atom stereocenters. The second-order valence-corrected chi connectivity index (χ2v) is 6.13. The third-order valence-electron chi connectivity index (χ3n) is 4.71. The number of H-pyrrole nitrogens is 1. The largest absolute Gasteiger partial charge is 0.387 e. The molecule has 0 spiro atoms. The minimum absolute atomic E-state index is 0.178. The Hall–Kier alpha value is -2.67. The van der Waals surface area contributed by atoms with Gasteiger partial charge in [0.2, 0.25) is 5.91 Å². The molecule has 1 fully saturated rings. The number of amides is 1. The van der Waals surface area contributed by atoms with Crippen LogP contribution < -0.4 is 5.32 Å². The molecule has 3 atom stereocenters. The fraction of sp³-hybridized carbons (Fsp3) is 0.312. The van der Waals surface area contributed by atoms with Crippen molar-refractivity contribution in [3.05, 3.63) is 42.6 Å². The van der Waals surface area contributed by atoms with Crippen molar-refractivity contribution in [2.45, 2.75) is 25.5 Å². The van der Waals surface area contributed by atoms with Gasteiger partial charge in [0.1, 0.15) is 28.9 Å². The van der Waals surface area contributed by atoms with E-state index in [1.165, 1.54) is 0 Å². The lowest BCUT2D eigenvalue weighted by Gasteiger charge is -2.27. The summed E-state index contributed by atoms with van der Waals surface area (Å²) in [6, 6.07) is 5.22. The van der Waals surface area contributed by atoms with Crippen molar-refractivity contribution in [2.24, 2.45) is 5.92 Å². The predicted octanol–water partition coefficient (Wildman–Crippen LogP) is 1.31. The average Bonchev–Trinajstić information content (AvgIpc) is 3.22. The van der Waals surface area contributed by atoms with E-state index in [9.17, 15) is 9.90 Å². The van der Waals surface area contributed by atoms with Gasteiger partial charge in [-0.1, -0.05) is 6.92 Å². The summed E-state index contributed by atoms with van der Waals surface area (Å²) in [5.74, 6) is 0.557. The maximum absolute atomic E-state index is 12.0. The summed E-state index contributed by atoms with van der Waals surface area (Å²) in [4.78, 5) is 23.9. The number of aromatic nitrogens is 4. The molecule has 0 aromatic carbocycles. The van der Waals surface area contributed by atoms with E-state index >= 15 is 0 Å². The smallest absolute Gasteiger partial charge is 0.226 e. The Morgan fingerprint density at radius 3 is 2.91 bits per heavy atom. The number of imidazole rings is 1. The number of hydrogen-bond donors (Lipinski definition) is 3. The summed E-state index contributed by atoms with van der Waals surface area (Å²) >= 11 is 0. The molecule has 118 valence electrons. The third kappa shape index (κ3) is 1.97. The Morgan fingerprint density at radius 1 is 1.35 bits per heavy atom. The lowest BCUT2D eigenvalue weighted by atomic mass is 9.88. The number of pyridine rings is 1.